The summed E-state index contributed by atoms with van der Waals surface area (Å²) in [5.41, 5.74) is 2.67. The van der Waals surface area contributed by atoms with Crippen LogP contribution in [-0.2, 0) is 25.5 Å². The fourth-order valence-electron chi connectivity index (χ4n) is 4.61. The second kappa shape index (κ2) is 10.4. The summed E-state index contributed by atoms with van der Waals surface area (Å²) in [6, 6.07) is 14.4. The van der Waals surface area contributed by atoms with E-state index in [1.165, 1.54) is 7.11 Å². The summed E-state index contributed by atoms with van der Waals surface area (Å²) >= 11 is 6.35. The van der Waals surface area contributed by atoms with Crippen molar-refractivity contribution in [3.8, 4) is 0 Å². The minimum Gasteiger partial charge on any atom is -0.468 e. The number of rotatable bonds is 6. The van der Waals surface area contributed by atoms with E-state index >= 15 is 0 Å². The van der Waals surface area contributed by atoms with Crippen LogP contribution in [0.15, 0.2) is 48.5 Å². The fourth-order valence-corrected chi connectivity index (χ4v) is 4.85. The summed E-state index contributed by atoms with van der Waals surface area (Å²) in [5.74, 6) is -0.554. The number of hydrogen-bond donors (Lipinski definition) is 1. The number of fused-ring (bicyclic) bond motifs is 1. The van der Waals surface area contributed by atoms with E-state index in [4.69, 9.17) is 16.3 Å². The number of para-hydroxylation sites is 1. The predicted molar refractivity (Wildman–Crippen MR) is 126 cm³/mol. The molecule has 1 N–H and O–H groups in total. The Morgan fingerprint density at radius 2 is 1.79 bits per heavy atom. The van der Waals surface area contributed by atoms with Gasteiger partial charge in [-0.05, 0) is 36.1 Å². The second-order valence-electron chi connectivity index (χ2n) is 8.45. The number of carbonyl (C=O) groups is 3. The van der Waals surface area contributed by atoms with E-state index in [1.807, 2.05) is 52.3 Å². The lowest BCUT2D eigenvalue weighted by atomic mass is 9.89. The summed E-state index contributed by atoms with van der Waals surface area (Å²) in [6.45, 7) is 2.09. The molecule has 1 saturated heterocycles. The summed E-state index contributed by atoms with van der Waals surface area (Å²) in [7, 11) is 1.37. The minimum absolute atomic E-state index is 0.0213. The number of anilines is 1. The SMILES string of the molecule is COC(=O)[C@@H](c1ccccc1Cl)N1CCN(C(=O)CC[C@@H]2Cc3ccccc3NC2=O)CC1. The molecule has 0 aliphatic carbocycles. The van der Waals surface area contributed by atoms with Crippen LogP contribution in [0.3, 0.4) is 0 Å². The highest BCUT2D eigenvalue weighted by molar-refractivity contribution is 6.31. The van der Waals surface area contributed by atoms with Crippen molar-refractivity contribution < 1.29 is 19.1 Å². The van der Waals surface area contributed by atoms with Gasteiger partial charge >= 0.3 is 5.97 Å². The average molecular weight is 470 g/mol. The van der Waals surface area contributed by atoms with Gasteiger partial charge in [-0.3, -0.25) is 14.5 Å². The predicted octanol–water partition coefficient (Wildman–Crippen LogP) is 3.29. The monoisotopic (exact) mass is 469 g/mol. The van der Waals surface area contributed by atoms with Crippen LogP contribution in [-0.4, -0.2) is 60.9 Å². The molecule has 2 atom stereocenters. The molecule has 2 amide bonds. The summed E-state index contributed by atoms with van der Waals surface area (Å²) in [6.07, 6.45) is 1.50. The van der Waals surface area contributed by atoms with Gasteiger partial charge < -0.3 is 15.0 Å². The van der Waals surface area contributed by atoms with Crippen LogP contribution < -0.4 is 5.32 Å². The number of halogens is 1. The largest absolute Gasteiger partial charge is 0.468 e. The number of hydrogen-bond acceptors (Lipinski definition) is 5. The van der Waals surface area contributed by atoms with Crippen molar-refractivity contribution >= 4 is 35.1 Å². The normalized spacial score (nSPS) is 19.4. The fraction of sp³-hybridized carbons (Fsp3) is 0.400. The van der Waals surface area contributed by atoms with E-state index in [1.54, 1.807) is 6.07 Å². The highest BCUT2D eigenvalue weighted by atomic mass is 35.5. The van der Waals surface area contributed by atoms with Crippen molar-refractivity contribution in [1.82, 2.24) is 9.80 Å². The quantitative estimate of drug-likeness (QED) is 0.657. The number of methoxy groups -OCH3 is 1. The number of carbonyl (C=O) groups excluding carboxylic acids is 3. The van der Waals surface area contributed by atoms with Crippen molar-refractivity contribution in [2.24, 2.45) is 5.92 Å². The molecule has 2 heterocycles. The van der Waals surface area contributed by atoms with E-state index < -0.39 is 6.04 Å². The molecule has 0 unspecified atom stereocenters. The number of nitrogens with zero attached hydrogens (tertiary/aromatic N) is 2. The zero-order valence-corrected chi connectivity index (χ0v) is 19.4. The van der Waals surface area contributed by atoms with E-state index in [0.29, 0.717) is 56.0 Å². The van der Waals surface area contributed by atoms with Gasteiger partial charge in [0.15, 0.2) is 0 Å². The van der Waals surface area contributed by atoms with E-state index in [2.05, 4.69) is 5.32 Å². The van der Waals surface area contributed by atoms with Gasteiger partial charge in [0.2, 0.25) is 11.8 Å². The number of benzene rings is 2. The summed E-state index contributed by atoms with van der Waals surface area (Å²) in [4.78, 5) is 41.6. The first kappa shape index (κ1) is 23.3. The van der Waals surface area contributed by atoms with Crippen LogP contribution in [0.5, 0.6) is 0 Å². The number of nitrogens with one attached hydrogen (secondary N) is 1. The van der Waals surface area contributed by atoms with Crippen molar-refractivity contribution in [2.75, 3.05) is 38.6 Å². The number of amides is 2. The van der Waals surface area contributed by atoms with Crippen LogP contribution in [0, 0.1) is 5.92 Å². The number of ether oxygens (including phenoxy) is 1. The number of esters is 1. The van der Waals surface area contributed by atoms with Crippen LogP contribution >= 0.6 is 11.6 Å². The smallest absolute Gasteiger partial charge is 0.327 e. The third-order valence-electron chi connectivity index (χ3n) is 6.48. The zero-order chi connectivity index (χ0) is 23.4. The first-order valence-electron chi connectivity index (χ1n) is 11.2. The van der Waals surface area contributed by atoms with Crippen molar-refractivity contribution in [3.05, 3.63) is 64.7 Å². The molecule has 0 spiro atoms. The molecule has 2 aliphatic heterocycles. The highest BCUT2D eigenvalue weighted by Crippen LogP contribution is 2.30. The standard InChI is InChI=1S/C25H28ClN3O4/c1-33-25(32)23(19-7-3-4-8-20(19)26)29-14-12-28(13-15-29)22(30)11-10-18-16-17-6-2-5-9-21(17)27-24(18)31/h2-9,18,23H,10-16H2,1H3,(H,27,31)/t18-,23-/m1/s1. The van der Waals surface area contributed by atoms with Gasteiger partial charge in [0.1, 0.15) is 6.04 Å². The third kappa shape index (κ3) is 5.20. The summed E-state index contributed by atoms with van der Waals surface area (Å²) in [5, 5.41) is 3.46. The molecule has 7 nitrogen and oxygen atoms in total. The molecule has 4 rings (SSSR count). The first-order chi connectivity index (χ1) is 16.0. The Kier molecular flexibility index (Phi) is 7.30. The average Bonchev–Trinajstić information content (AvgIpc) is 2.84. The molecule has 0 saturated carbocycles. The molecule has 1 fully saturated rings. The molecule has 0 aromatic heterocycles. The highest BCUT2D eigenvalue weighted by Gasteiger charge is 2.34. The molecule has 2 aliphatic rings. The molecule has 2 aromatic carbocycles. The zero-order valence-electron chi connectivity index (χ0n) is 18.6. The third-order valence-corrected chi connectivity index (χ3v) is 6.82. The maximum absolute atomic E-state index is 12.8. The molecule has 0 bridgehead atoms. The van der Waals surface area contributed by atoms with Crippen molar-refractivity contribution in [1.29, 1.82) is 0 Å². The van der Waals surface area contributed by atoms with Gasteiger partial charge in [-0.2, -0.15) is 0 Å². The van der Waals surface area contributed by atoms with Crippen molar-refractivity contribution in [2.45, 2.75) is 25.3 Å². The Labute approximate surface area is 198 Å². The first-order valence-corrected chi connectivity index (χ1v) is 11.6. The molecule has 2 aromatic rings. The molecule has 8 heteroatoms. The van der Waals surface area contributed by atoms with Crippen LogP contribution in [0.25, 0.3) is 0 Å². The molecular formula is C25H28ClN3O4. The maximum Gasteiger partial charge on any atom is 0.327 e. The Hall–Kier alpha value is -2.90. The van der Waals surface area contributed by atoms with Gasteiger partial charge in [-0.15, -0.1) is 0 Å². The molecule has 174 valence electrons. The lowest BCUT2D eigenvalue weighted by Gasteiger charge is -2.38. The summed E-state index contributed by atoms with van der Waals surface area (Å²) < 4.78 is 5.03. The van der Waals surface area contributed by atoms with E-state index in [9.17, 15) is 14.4 Å². The van der Waals surface area contributed by atoms with Crippen molar-refractivity contribution in [3.63, 3.8) is 0 Å². The lowest BCUT2D eigenvalue weighted by Crippen LogP contribution is -2.51. The van der Waals surface area contributed by atoms with E-state index in [0.717, 1.165) is 11.3 Å². The Balaban J connectivity index is 1.33. The van der Waals surface area contributed by atoms with Crippen LogP contribution in [0.2, 0.25) is 5.02 Å². The Morgan fingerprint density at radius 3 is 2.52 bits per heavy atom. The second-order valence-corrected chi connectivity index (χ2v) is 8.86. The Morgan fingerprint density at radius 1 is 1.09 bits per heavy atom. The Bertz CT molecular complexity index is 1040. The van der Waals surface area contributed by atoms with Crippen LogP contribution in [0.1, 0.15) is 30.0 Å². The minimum atomic E-state index is -0.605. The van der Waals surface area contributed by atoms with Crippen LogP contribution in [0.4, 0.5) is 5.69 Å². The molecule has 33 heavy (non-hydrogen) atoms. The molecule has 0 radical (unpaired) electrons. The van der Waals surface area contributed by atoms with Gasteiger partial charge in [0.25, 0.3) is 0 Å². The van der Waals surface area contributed by atoms with Gasteiger partial charge in [0, 0.05) is 49.2 Å². The van der Waals surface area contributed by atoms with E-state index in [-0.39, 0.29) is 23.7 Å². The van der Waals surface area contributed by atoms with Gasteiger partial charge in [-0.1, -0.05) is 48.0 Å². The van der Waals surface area contributed by atoms with Gasteiger partial charge in [-0.25, -0.2) is 4.79 Å². The van der Waals surface area contributed by atoms with Gasteiger partial charge in [0.05, 0.1) is 7.11 Å². The number of piperazine rings is 1. The topological polar surface area (TPSA) is 79.0 Å². The molecular weight excluding hydrogens is 442 g/mol. The lowest BCUT2D eigenvalue weighted by molar-refractivity contribution is -0.148. The maximum atomic E-state index is 12.8.